The zero-order valence-corrected chi connectivity index (χ0v) is 7.62. The molecule has 2 heterocycles. The van der Waals surface area contributed by atoms with Gasteiger partial charge in [-0.1, -0.05) is 5.10 Å². The van der Waals surface area contributed by atoms with Crippen molar-refractivity contribution in [2.75, 3.05) is 20.2 Å². The van der Waals surface area contributed by atoms with Gasteiger partial charge in [-0.05, 0) is 25.9 Å². The van der Waals surface area contributed by atoms with Gasteiger partial charge < -0.3 is 14.5 Å². The van der Waals surface area contributed by atoms with Crippen LogP contribution in [0.2, 0.25) is 0 Å². The lowest BCUT2D eigenvalue weighted by Crippen LogP contribution is -2.26. The number of piperidine rings is 1. The van der Waals surface area contributed by atoms with Crippen LogP contribution in [0.15, 0.2) is 4.42 Å². The molecule has 1 N–H and O–H groups in total. The molecule has 0 aromatic carbocycles. The van der Waals surface area contributed by atoms with Gasteiger partial charge in [0.15, 0.2) is 0 Å². The Hall–Kier alpha value is -1.10. The predicted molar refractivity (Wildman–Crippen MR) is 45.7 cm³/mol. The van der Waals surface area contributed by atoms with Crippen LogP contribution >= 0.6 is 0 Å². The number of rotatable bonds is 2. The fourth-order valence-electron chi connectivity index (χ4n) is 1.54. The Balaban J connectivity index is 2.05. The molecule has 1 aliphatic heterocycles. The molecule has 0 atom stereocenters. The van der Waals surface area contributed by atoms with Crippen molar-refractivity contribution in [3.05, 3.63) is 5.89 Å². The normalized spacial score (nSPS) is 18.8. The number of aromatic nitrogens is 2. The number of hydrogen-bond acceptors (Lipinski definition) is 5. The second-order valence-corrected chi connectivity index (χ2v) is 3.13. The third kappa shape index (κ3) is 1.80. The summed E-state index contributed by atoms with van der Waals surface area (Å²) in [5.41, 5.74) is 0. The molecule has 0 bridgehead atoms. The summed E-state index contributed by atoms with van der Waals surface area (Å²) < 4.78 is 10.1. The van der Waals surface area contributed by atoms with Crippen LogP contribution in [0.1, 0.15) is 24.7 Å². The van der Waals surface area contributed by atoms with E-state index in [0.29, 0.717) is 11.8 Å². The quantitative estimate of drug-likeness (QED) is 0.725. The highest BCUT2D eigenvalue weighted by Crippen LogP contribution is 2.25. The molecule has 13 heavy (non-hydrogen) atoms. The first-order valence-corrected chi connectivity index (χ1v) is 4.48. The highest BCUT2D eigenvalue weighted by Gasteiger charge is 2.21. The van der Waals surface area contributed by atoms with E-state index in [1.807, 2.05) is 0 Å². The third-order valence-electron chi connectivity index (χ3n) is 2.29. The van der Waals surface area contributed by atoms with Gasteiger partial charge in [-0.3, -0.25) is 0 Å². The molecule has 1 aromatic heterocycles. The Morgan fingerprint density at radius 3 is 2.77 bits per heavy atom. The maximum atomic E-state index is 5.30. The highest BCUT2D eigenvalue weighted by molar-refractivity contribution is 4.95. The molecule has 1 saturated heterocycles. The lowest BCUT2D eigenvalue weighted by Gasteiger charge is -2.18. The molecule has 2 rings (SSSR count). The minimum Gasteiger partial charge on any atom is -0.452 e. The topological polar surface area (TPSA) is 60.2 Å². The van der Waals surface area contributed by atoms with Gasteiger partial charge in [0, 0.05) is 5.92 Å². The molecule has 5 nitrogen and oxygen atoms in total. The Bertz CT molecular complexity index is 268. The van der Waals surface area contributed by atoms with Gasteiger partial charge >= 0.3 is 6.08 Å². The molecule has 72 valence electrons. The second kappa shape index (κ2) is 3.74. The van der Waals surface area contributed by atoms with Crippen LogP contribution in [-0.2, 0) is 0 Å². The summed E-state index contributed by atoms with van der Waals surface area (Å²) in [5.74, 6) is 1.11. The molecule has 0 amide bonds. The zero-order chi connectivity index (χ0) is 9.10. The summed E-state index contributed by atoms with van der Waals surface area (Å²) >= 11 is 0. The third-order valence-corrected chi connectivity index (χ3v) is 2.29. The standard InChI is InChI=1S/C8H13N3O2/c1-12-8-11-10-7(13-8)6-2-4-9-5-3-6/h6,9H,2-5H2,1H3. The average molecular weight is 183 g/mol. The Labute approximate surface area is 76.5 Å². The highest BCUT2D eigenvalue weighted by atomic mass is 16.6. The average Bonchev–Trinajstić information content (AvgIpc) is 2.67. The van der Waals surface area contributed by atoms with Crippen LogP contribution in [0.3, 0.4) is 0 Å². The molecule has 5 heteroatoms. The summed E-state index contributed by atoms with van der Waals surface area (Å²) in [6.07, 6.45) is 2.38. The van der Waals surface area contributed by atoms with Crippen LogP contribution in [0, 0.1) is 0 Å². The van der Waals surface area contributed by atoms with Gasteiger partial charge in [0.1, 0.15) is 0 Å². The summed E-state index contributed by atoms with van der Waals surface area (Å²) in [6.45, 7) is 2.05. The summed E-state index contributed by atoms with van der Waals surface area (Å²) in [6, 6.07) is 0. The molecule has 0 spiro atoms. The molecular formula is C8H13N3O2. The molecule has 1 aliphatic rings. The van der Waals surface area contributed by atoms with E-state index in [0.717, 1.165) is 25.9 Å². The van der Waals surface area contributed by atoms with E-state index in [1.165, 1.54) is 7.11 Å². The smallest absolute Gasteiger partial charge is 0.414 e. The first kappa shape index (κ1) is 8.50. The lowest BCUT2D eigenvalue weighted by molar-refractivity contribution is 0.267. The van der Waals surface area contributed by atoms with Crippen molar-refractivity contribution in [1.82, 2.24) is 15.5 Å². The summed E-state index contributed by atoms with van der Waals surface area (Å²) in [5, 5.41) is 11.0. The van der Waals surface area contributed by atoms with E-state index < -0.39 is 0 Å². The maximum Gasteiger partial charge on any atom is 0.414 e. The number of hydrogen-bond donors (Lipinski definition) is 1. The first-order chi connectivity index (χ1) is 6.40. The molecule has 0 aliphatic carbocycles. The van der Waals surface area contributed by atoms with Crippen molar-refractivity contribution in [2.45, 2.75) is 18.8 Å². The van der Waals surface area contributed by atoms with Gasteiger partial charge in [0.25, 0.3) is 0 Å². The molecule has 0 radical (unpaired) electrons. The lowest BCUT2D eigenvalue weighted by atomic mass is 9.98. The Morgan fingerprint density at radius 1 is 1.38 bits per heavy atom. The van der Waals surface area contributed by atoms with Crippen LogP contribution < -0.4 is 10.1 Å². The van der Waals surface area contributed by atoms with Gasteiger partial charge in [-0.25, -0.2) is 0 Å². The van der Waals surface area contributed by atoms with Gasteiger partial charge in [0.2, 0.25) is 5.89 Å². The number of nitrogens with zero attached hydrogens (tertiary/aromatic N) is 2. The van der Waals surface area contributed by atoms with E-state index in [4.69, 9.17) is 9.15 Å². The number of ether oxygens (including phenoxy) is 1. The van der Waals surface area contributed by atoms with Gasteiger partial charge in [-0.2, -0.15) is 0 Å². The first-order valence-electron chi connectivity index (χ1n) is 4.48. The largest absolute Gasteiger partial charge is 0.452 e. The molecular weight excluding hydrogens is 170 g/mol. The van der Waals surface area contributed by atoms with Crippen LogP contribution in [0.25, 0.3) is 0 Å². The predicted octanol–water partition coefficient (Wildman–Crippen LogP) is 0.545. The molecule has 0 saturated carbocycles. The van der Waals surface area contributed by atoms with Crippen LogP contribution in [-0.4, -0.2) is 30.4 Å². The van der Waals surface area contributed by atoms with Crippen LogP contribution in [0.5, 0.6) is 6.08 Å². The van der Waals surface area contributed by atoms with Crippen molar-refractivity contribution in [3.63, 3.8) is 0 Å². The van der Waals surface area contributed by atoms with Crippen molar-refractivity contribution in [1.29, 1.82) is 0 Å². The van der Waals surface area contributed by atoms with E-state index in [2.05, 4.69) is 15.5 Å². The van der Waals surface area contributed by atoms with Crippen LogP contribution in [0.4, 0.5) is 0 Å². The minimum absolute atomic E-state index is 0.258. The number of methoxy groups -OCH3 is 1. The Morgan fingerprint density at radius 2 is 2.15 bits per heavy atom. The number of nitrogens with one attached hydrogen (secondary N) is 1. The monoisotopic (exact) mass is 183 g/mol. The van der Waals surface area contributed by atoms with E-state index >= 15 is 0 Å². The van der Waals surface area contributed by atoms with E-state index in [9.17, 15) is 0 Å². The van der Waals surface area contributed by atoms with E-state index in [-0.39, 0.29) is 6.08 Å². The maximum absolute atomic E-state index is 5.30. The van der Waals surface area contributed by atoms with Gasteiger partial charge in [-0.15, -0.1) is 5.10 Å². The molecule has 0 unspecified atom stereocenters. The summed E-state index contributed by atoms with van der Waals surface area (Å²) in [7, 11) is 1.53. The fourth-order valence-corrected chi connectivity index (χ4v) is 1.54. The van der Waals surface area contributed by atoms with Gasteiger partial charge in [0.05, 0.1) is 7.11 Å². The summed E-state index contributed by atoms with van der Waals surface area (Å²) in [4.78, 5) is 0. The molecule has 1 aromatic rings. The fraction of sp³-hybridized carbons (Fsp3) is 0.750. The van der Waals surface area contributed by atoms with E-state index in [1.54, 1.807) is 0 Å². The SMILES string of the molecule is COc1nnc(C2CCNCC2)o1. The minimum atomic E-state index is 0.258. The zero-order valence-electron chi connectivity index (χ0n) is 7.62. The van der Waals surface area contributed by atoms with Crippen molar-refractivity contribution < 1.29 is 9.15 Å². The van der Waals surface area contributed by atoms with Crippen molar-refractivity contribution in [3.8, 4) is 6.08 Å². The molecule has 1 fully saturated rings. The second-order valence-electron chi connectivity index (χ2n) is 3.13. The van der Waals surface area contributed by atoms with Crippen molar-refractivity contribution >= 4 is 0 Å². The Kier molecular flexibility index (Phi) is 2.44. The van der Waals surface area contributed by atoms with Crippen molar-refractivity contribution in [2.24, 2.45) is 0 Å².